The lowest BCUT2D eigenvalue weighted by Gasteiger charge is -2.51. The second-order valence-electron chi connectivity index (χ2n) is 13.6. The van der Waals surface area contributed by atoms with E-state index in [1.54, 1.807) is 23.9 Å². The minimum atomic E-state index is -0.423. The molecule has 44 heavy (non-hydrogen) atoms. The average Bonchev–Trinajstić information content (AvgIpc) is 3.03. The van der Waals surface area contributed by atoms with Crippen LogP contribution in [0.3, 0.4) is 0 Å². The van der Waals surface area contributed by atoms with Gasteiger partial charge in [-0.1, -0.05) is 87.4 Å². The number of carbonyl (C=O) groups excluding carboxylic acids is 1. The molecule has 0 radical (unpaired) electrons. The van der Waals surface area contributed by atoms with Gasteiger partial charge in [0.2, 0.25) is 0 Å². The second kappa shape index (κ2) is 16.1. The Kier molecular flexibility index (Phi) is 13.1. The Bertz CT molecular complexity index is 1020. The number of benzene rings is 1. The van der Waals surface area contributed by atoms with E-state index in [1.807, 2.05) is 18.2 Å². The Morgan fingerprint density at radius 3 is 1.80 bits per heavy atom. The summed E-state index contributed by atoms with van der Waals surface area (Å²) >= 11 is 1.79. The quantitative estimate of drug-likeness (QED) is 0.228. The van der Waals surface area contributed by atoms with E-state index in [4.69, 9.17) is 28.4 Å². The normalized spacial score (nSPS) is 43.0. The number of hydrogen-bond acceptors (Lipinski definition) is 8. The molecule has 4 rings (SSSR count). The molecule has 3 aliphatic rings. The van der Waals surface area contributed by atoms with Crippen LogP contribution in [0, 0.1) is 41.4 Å². The SMILES string of the molecule is CCS[C@@H]1OC(COC(=O)c2ccccc2)[C@@H](O[C@@H]2OC(CC)[C@@H](O[C@@H]3OC(CC)[C@@H](C)[C@H](C)C3C)[C@H](C)C2C)[C@H](C)C1C. The number of ether oxygens (including phenoxy) is 6. The van der Waals surface area contributed by atoms with Crippen LogP contribution in [-0.2, 0) is 28.4 Å². The summed E-state index contributed by atoms with van der Waals surface area (Å²) < 4.78 is 39.4. The van der Waals surface area contributed by atoms with Crippen molar-refractivity contribution in [3.05, 3.63) is 35.9 Å². The first kappa shape index (κ1) is 35.7. The Morgan fingerprint density at radius 2 is 1.20 bits per heavy atom. The van der Waals surface area contributed by atoms with Gasteiger partial charge in [0, 0.05) is 11.8 Å². The highest BCUT2D eigenvalue weighted by Gasteiger charge is 2.49. The molecule has 0 N–H and O–H groups in total. The van der Waals surface area contributed by atoms with Gasteiger partial charge in [0.1, 0.15) is 18.1 Å². The molecule has 3 aliphatic heterocycles. The first-order chi connectivity index (χ1) is 21.0. The van der Waals surface area contributed by atoms with Gasteiger partial charge in [-0.25, -0.2) is 4.79 Å². The minimum absolute atomic E-state index is 0.00890. The predicted octanol–water partition coefficient (Wildman–Crippen LogP) is 7.81. The van der Waals surface area contributed by atoms with E-state index in [1.165, 1.54) is 0 Å². The van der Waals surface area contributed by atoms with Gasteiger partial charge < -0.3 is 28.4 Å². The van der Waals surface area contributed by atoms with Gasteiger partial charge in [-0.2, -0.15) is 0 Å². The highest BCUT2D eigenvalue weighted by Crippen LogP contribution is 2.43. The number of thioether (sulfide) groups is 1. The molecule has 1 aromatic rings. The third-order valence-electron chi connectivity index (χ3n) is 11.0. The summed E-state index contributed by atoms with van der Waals surface area (Å²) in [4.78, 5) is 12.8. The maximum Gasteiger partial charge on any atom is 0.338 e. The largest absolute Gasteiger partial charge is 0.459 e. The molecule has 0 aliphatic carbocycles. The fraction of sp³-hybridized carbons (Fsp3) is 0.806. The van der Waals surface area contributed by atoms with Crippen molar-refractivity contribution in [2.75, 3.05) is 12.4 Å². The second-order valence-corrected chi connectivity index (χ2v) is 15.0. The maximum atomic E-state index is 12.8. The zero-order chi connectivity index (χ0) is 32.1. The minimum Gasteiger partial charge on any atom is -0.459 e. The van der Waals surface area contributed by atoms with Crippen LogP contribution in [0.2, 0.25) is 0 Å². The summed E-state index contributed by atoms with van der Waals surface area (Å²) in [5, 5.41) is 0. The van der Waals surface area contributed by atoms with E-state index in [-0.39, 0.29) is 72.4 Å². The van der Waals surface area contributed by atoms with Crippen LogP contribution in [0.4, 0.5) is 0 Å². The van der Waals surface area contributed by atoms with Crippen LogP contribution < -0.4 is 0 Å². The molecule has 6 unspecified atom stereocenters. The lowest BCUT2D eigenvalue weighted by Crippen LogP contribution is -2.58. The first-order valence-electron chi connectivity index (χ1n) is 17.1. The molecule has 1 aromatic carbocycles. The molecule has 8 heteroatoms. The topological polar surface area (TPSA) is 72.5 Å². The molecule has 0 saturated carbocycles. The molecular formula is C36H58O7S. The van der Waals surface area contributed by atoms with Crippen molar-refractivity contribution in [1.82, 2.24) is 0 Å². The van der Waals surface area contributed by atoms with Crippen molar-refractivity contribution in [3.63, 3.8) is 0 Å². The van der Waals surface area contributed by atoms with Gasteiger partial charge in [0.25, 0.3) is 0 Å². The van der Waals surface area contributed by atoms with Crippen molar-refractivity contribution in [2.45, 2.75) is 131 Å². The Balaban J connectivity index is 1.48. The molecule has 0 bridgehead atoms. The van der Waals surface area contributed by atoms with Crippen molar-refractivity contribution < 1.29 is 33.2 Å². The summed E-state index contributed by atoms with van der Waals surface area (Å²) in [6, 6.07) is 9.10. The monoisotopic (exact) mass is 634 g/mol. The van der Waals surface area contributed by atoms with Crippen LogP contribution in [0.25, 0.3) is 0 Å². The Morgan fingerprint density at radius 1 is 0.659 bits per heavy atom. The Labute approximate surface area is 270 Å². The van der Waals surface area contributed by atoms with Crippen molar-refractivity contribution >= 4 is 17.7 Å². The third-order valence-corrected chi connectivity index (χ3v) is 12.2. The van der Waals surface area contributed by atoms with E-state index in [2.05, 4.69) is 69.2 Å². The molecular weight excluding hydrogens is 576 g/mol. The smallest absolute Gasteiger partial charge is 0.338 e. The summed E-state index contributed by atoms with van der Waals surface area (Å²) in [5.41, 5.74) is 0.538. The fourth-order valence-electron chi connectivity index (χ4n) is 7.15. The zero-order valence-corrected chi connectivity index (χ0v) is 29.5. The van der Waals surface area contributed by atoms with E-state index in [0.717, 1.165) is 18.6 Å². The van der Waals surface area contributed by atoms with E-state index >= 15 is 0 Å². The van der Waals surface area contributed by atoms with Crippen molar-refractivity contribution in [1.29, 1.82) is 0 Å². The van der Waals surface area contributed by atoms with Gasteiger partial charge in [0.15, 0.2) is 12.6 Å². The lowest BCUT2D eigenvalue weighted by atomic mass is 9.78. The van der Waals surface area contributed by atoms with Crippen LogP contribution in [0.5, 0.6) is 0 Å². The van der Waals surface area contributed by atoms with E-state index in [0.29, 0.717) is 23.3 Å². The fourth-order valence-corrected chi connectivity index (χ4v) is 8.25. The van der Waals surface area contributed by atoms with Gasteiger partial charge >= 0.3 is 5.97 Å². The van der Waals surface area contributed by atoms with E-state index in [9.17, 15) is 4.79 Å². The number of hydrogen-bond donors (Lipinski definition) is 0. The molecule has 0 amide bonds. The maximum absolute atomic E-state index is 12.8. The average molecular weight is 635 g/mol. The third kappa shape index (κ3) is 7.86. The van der Waals surface area contributed by atoms with Gasteiger partial charge in [-0.15, -0.1) is 11.8 Å². The molecule has 250 valence electrons. The number of esters is 1. The van der Waals surface area contributed by atoms with Crippen LogP contribution >= 0.6 is 11.8 Å². The van der Waals surface area contributed by atoms with Crippen LogP contribution in [0.1, 0.15) is 92.4 Å². The van der Waals surface area contributed by atoms with Crippen molar-refractivity contribution in [3.8, 4) is 0 Å². The summed E-state index contributed by atoms with van der Waals surface area (Å²) in [6.45, 7) is 22.4. The first-order valence-corrected chi connectivity index (χ1v) is 18.2. The molecule has 3 fully saturated rings. The molecule has 3 heterocycles. The summed E-state index contributed by atoms with van der Waals surface area (Å²) in [5.74, 6) is 2.64. The van der Waals surface area contributed by atoms with Gasteiger partial charge in [-0.3, -0.25) is 0 Å². The summed E-state index contributed by atoms with van der Waals surface area (Å²) in [7, 11) is 0. The van der Waals surface area contributed by atoms with Crippen LogP contribution in [0.15, 0.2) is 30.3 Å². The summed E-state index contributed by atoms with van der Waals surface area (Å²) in [6.07, 6.45) is 0.439. The van der Waals surface area contributed by atoms with Crippen LogP contribution in [-0.4, -0.2) is 66.9 Å². The predicted molar refractivity (Wildman–Crippen MR) is 175 cm³/mol. The standard InChI is InChI=1S/C36H58O7S/c1-11-28-21(5)20(4)24(8)34(39-28)42-31-22(6)25(9)35(40-29(31)12-2)43-32-23(7)26(10)36(44-13-3)41-30(32)19-38-33(37)27-17-15-14-16-18-27/h14-18,20-26,28-32,34-36H,11-13,19H2,1-10H3/t20-,21-,22+,23+,24?,25?,26?,28?,29?,30?,31-,32-,34-,35-,36-/m0/s1. The highest BCUT2D eigenvalue weighted by molar-refractivity contribution is 7.99. The molecule has 0 spiro atoms. The molecule has 15 atom stereocenters. The number of rotatable bonds is 11. The Hall–Kier alpha value is -1.16. The highest BCUT2D eigenvalue weighted by atomic mass is 32.2. The van der Waals surface area contributed by atoms with Gasteiger partial charge in [-0.05, 0) is 60.3 Å². The molecule has 7 nitrogen and oxygen atoms in total. The lowest BCUT2D eigenvalue weighted by molar-refractivity contribution is -0.339. The number of carbonyl (C=O) groups is 1. The van der Waals surface area contributed by atoms with E-state index < -0.39 is 12.4 Å². The molecule has 0 aromatic heterocycles. The van der Waals surface area contributed by atoms with Crippen molar-refractivity contribution in [2.24, 2.45) is 41.4 Å². The van der Waals surface area contributed by atoms with Gasteiger partial charge in [0.05, 0.1) is 30.0 Å². The molecule has 3 saturated heterocycles. The zero-order valence-electron chi connectivity index (χ0n) is 28.6.